The third-order valence-corrected chi connectivity index (χ3v) is 5.53. The number of ether oxygens (including phenoxy) is 1. The molecule has 0 radical (unpaired) electrons. The Hall–Kier alpha value is -3.38. The van der Waals surface area contributed by atoms with Crippen molar-refractivity contribution in [2.45, 2.75) is 25.7 Å². The predicted molar refractivity (Wildman–Crippen MR) is 112 cm³/mol. The Labute approximate surface area is 178 Å². The average Bonchev–Trinajstić information content (AvgIpc) is 3.27. The number of amides is 3. The van der Waals surface area contributed by atoms with Crippen LogP contribution < -0.4 is 10.9 Å². The van der Waals surface area contributed by atoms with Gasteiger partial charge in [0.05, 0.1) is 11.6 Å². The third-order valence-electron chi connectivity index (χ3n) is 4.53. The molecular formula is C21H22N4O4S. The first-order valence-electron chi connectivity index (χ1n) is 9.61. The van der Waals surface area contributed by atoms with Crippen LogP contribution in [0, 0.1) is 11.8 Å². The fraction of sp³-hybridized carbons (Fsp3) is 0.333. The number of rotatable bonds is 3. The number of nitrogens with zero attached hydrogens (tertiary/aromatic N) is 2. The Kier molecular flexibility index (Phi) is 7.40. The molecule has 0 atom stereocenters. The van der Waals surface area contributed by atoms with E-state index in [2.05, 4.69) is 32.4 Å². The van der Waals surface area contributed by atoms with Gasteiger partial charge in [-0.1, -0.05) is 24.1 Å². The number of benzene rings is 1. The van der Waals surface area contributed by atoms with Crippen molar-refractivity contribution in [2.75, 3.05) is 19.7 Å². The molecule has 2 heterocycles. The fourth-order valence-electron chi connectivity index (χ4n) is 2.97. The zero-order chi connectivity index (χ0) is 21.3. The molecule has 1 aliphatic rings. The second-order valence-electron chi connectivity index (χ2n) is 6.55. The van der Waals surface area contributed by atoms with Gasteiger partial charge >= 0.3 is 6.09 Å². The van der Waals surface area contributed by atoms with Crippen molar-refractivity contribution in [1.82, 2.24) is 20.7 Å². The molecule has 0 bridgehead atoms. The second-order valence-corrected chi connectivity index (χ2v) is 7.44. The smallest absolute Gasteiger partial charge is 0.426 e. The molecule has 2 N–H and O–H groups in total. The Balaban J connectivity index is 1.49. The number of carbonyl (C=O) groups excluding carboxylic acids is 3. The first-order chi connectivity index (χ1) is 14.6. The lowest BCUT2D eigenvalue weighted by atomic mass is 9.97. The van der Waals surface area contributed by atoms with Crippen LogP contribution in [0.15, 0.2) is 35.7 Å². The highest BCUT2D eigenvalue weighted by atomic mass is 32.1. The summed E-state index contributed by atoms with van der Waals surface area (Å²) in [4.78, 5) is 41.8. The van der Waals surface area contributed by atoms with E-state index in [0.29, 0.717) is 13.1 Å². The van der Waals surface area contributed by atoms with Crippen LogP contribution >= 0.6 is 11.3 Å². The molecule has 1 aromatic heterocycles. The van der Waals surface area contributed by atoms with E-state index in [0.717, 1.165) is 23.4 Å². The van der Waals surface area contributed by atoms with Gasteiger partial charge in [0.2, 0.25) is 0 Å². The topological polar surface area (TPSA) is 101 Å². The molecule has 0 saturated carbocycles. The maximum atomic E-state index is 12.3. The number of likely N-dealkylation sites (tertiary alicyclic amines) is 1. The van der Waals surface area contributed by atoms with Gasteiger partial charge in [0.25, 0.3) is 11.8 Å². The molecule has 9 heteroatoms. The zero-order valence-electron chi connectivity index (χ0n) is 16.5. The summed E-state index contributed by atoms with van der Waals surface area (Å²) in [6.45, 7) is 3.07. The van der Waals surface area contributed by atoms with Crippen molar-refractivity contribution in [3.05, 3.63) is 52.0 Å². The van der Waals surface area contributed by atoms with Gasteiger partial charge in [0, 0.05) is 35.9 Å². The predicted octanol–water partition coefficient (Wildman–Crippen LogP) is 2.29. The highest BCUT2D eigenvalue weighted by Gasteiger charge is 2.26. The number of nitrogens with one attached hydrogen (secondary N) is 2. The number of hydrogen-bond acceptors (Lipinski definition) is 6. The maximum absolute atomic E-state index is 12.3. The fourth-order valence-corrected chi connectivity index (χ4v) is 3.95. The Morgan fingerprint density at radius 3 is 2.63 bits per heavy atom. The summed E-state index contributed by atoms with van der Waals surface area (Å²) in [6.07, 6.45) is 0.789. The lowest BCUT2D eigenvalue weighted by molar-refractivity contribution is -0.126. The minimum absolute atomic E-state index is 0.179. The van der Waals surface area contributed by atoms with Crippen molar-refractivity contribution in [1.29, 1.82) is 0 Å². The Morgan fingerprint density at radius 2 is 1.93 bits per heavy atom. The van der Waals surface area contributed by atoms with Crippen LogP contribution in [0.1, 0.15) is 46.7 Å². The molecule has 3 rings (SSSR count). The van der Waals surface area contributed by atoms with E-state index in [1.54, 1.807) is 17.2 Å². The van der Waals surface area contributed by atoms with Crippen LogP contribution in [0.5, 0.6) is 0 Å². The van der Waals surface area contributed by atoms with E-state index >= 15 is 0 Å². The van der Waals surface area contributed by atoms with Gasteiger partial charge < -0.3 is 9.64 Å². The van der Waals surface area contributed by atoms with E-state index in [-0.39, 0.29) is 24.1 Å². The van der Waals surface area contributed by atoms with Gasteiger partial charge in [-0.25, -0.2) is 15.2 Å². The van der Waals surface area contributed by atoms with E-state index in [4.69, 9.17) is 0 Å². The van der Waals surface area contributed by atoms with Crippen molar-refractivity contribution in [2.24, 2.45) is 0 Å². The summed E-state index contributed by atoms with van der Waals surface area (Å²) in [5, 5.41) is 2.50. The van der Waals surface area contributed by atoms with E-state index in [9.17, 15) is 14.4 Å². The van der Waals surface area contributed by atoms with Crippen LogP contribution in [0.25, 0.3) is 0 Å². The normalized spacial score (nSPS) is 13.7. The first kappa shape index (κ1) is 21.3. The zero-order valence-corrected chi connectivity index (χ0v) is 17.3. The van der Waals surface area contributed by atoms with Crippen LogP contribution in [-0.4, -0.2) is 47.5 Å². The number of hydrazine groups is 1. The summed E-state index contributed by atoms with van der Waals surface area (Å²) in [6, 6.07) is 9.41. The molecule has 30 heavy (non-hydrogen) atoms. The summed E-state index contributed by atoms with van der Waals surface area (Å²) in [7, 11) is 0. The third kappa shape index (κ3) is 5.81. The quantitative estimate of drug-likeness (QED) is 0.579. The van der Waals surface area contributed by atoms with Gasteiger partial charge in [-0.05, 0) is 31.9 Å². The van der Waals surface area contributed by atoms with Crippen molar-refractivity contribution in [3.63, 3.8) is 0 Å². The molecular weight excluding hydrogens is 404 g/mol. The van der Waals surface area contributed by atoms with E-state index in [1.807, 2.05) is 30.3 Å². The Morgan fingerprint density at radius 1 is 1.20 bits per heavy atom. The first-order valence-corrected chi connectivity index (χ1v) is 10.5. The minimum atomic E-state index is -0.728. The van der Waals surface area contributed by atoms with Gasteiger partial charge in [0.1, 0.15) is 5.69 Å². The number of carbonyl (C=O) groups is 3. The summed E-state index contributed by atoms with van der Waals surface area (Å²) >= 11 is 1.40. The molecule has 3 amide bonds. The second kappa shape index (κ2) is 10.4. The van der Waals surface area contributed by atoms with Gasteiger partial charge in [-0.3, -0.25) is 15.0 Å². The standard InChI is InChI=1S/C21H22N4O4S/c1-2-29-21(28)24-23-19(27)17-14-30-20(22-17)16-10-12-25(13-11-16)18(26)9-8-15-6-4-3-5-7-15/h3-7,14,16H,2,10-13H2,1H3,(H,23,27)(H,24,28). The molecule has 1 fully saturated rings. The molecule has 0 spiro atoms. The molecule has 1 aliphatic heterocycles. The Bertz CT molecular complexity index is 956. The number of hydrogen-bond donors (Lipinski definition) is 2. The largest absolute Gasteiger partial charge is 0.449 e. The average molecular weight is 426 g/mol. The summed E-state index contributed by atoms with van der Waals surface area (Å²) < 4.78 is 4.68. The molecule has 8 nitrogen and oxygen atoms in total. The molecule has 0 unspecified atom stereocenters. The van der Waals surface area contributed by atoms with E-state index in [1.165, 1.54) is 11.3 Å². The number of aromatic nitrogens is 1. The van der Waals surface area contributed by atoms with Crippen molar-refractivity contribution in [3.8, 4) is 11.8 Å². The maximum Gasteiger partial charge on any atom is 0.426 e. The molecule has 1 saturated heterocycles. The van der Waals surface area contributed by atoms with E-state index < -0.39 is 12.0 Å². The highest BCUT2D eigenvalue weighted by molar-refractivity contribution is 7.09. The monoisotopic (exact) mass is 426 g/mol. The molecule has 2 aromatic rings. The van der Waals surface area contributed by atoms with Crippen LogP contribution in [0.3, 0.4) is 0 Å². The summed E-state index contributed by atoms with van der Waals surface area (Å²) in [5.41, 5.74) is 5.47. The lowest BCUT2D eigenvalue weighted by Gasteiger charge is -2.29. The minimum Gasteiger partial charge on any atom is -0.449 e. The van der Waals surface area contributed by atoms with Crippen LogP contribution in [0.2, 0.25) is 0 Å². The molecule has 156 valence electrons. The van der Waals surface area contributed by atoms with Crippen molar-refractivity contribution >= 4 is 29.2 Å². The number of thiazole rings is 1. The number of piperidine rings is 1. The lowest BCUT2D eigenvalue weighted by Crippen LogP contribution is -2.42. The van der Waals surface area contributed by atoms with Gasteiger partial charge in [-0.2, -0.15) is 0 Å². The highest BCUT2D eigenvalue weighted by Crippen LogP contribution is 2.30. The molecule has 1 aromatic carbocycles. The van der Waals surface area contributed by atoms with Crippen LogP contribution in [-0.2, 0) is 9.53 Å². The van der Waals surface area contributed by atoms with Crippen molar-refractivity contribution < 1.29 is 19.1 Å². The summed E-state index contributed by atoms with van der Waals surface area (Å²) in [5.74, 6) is 5.09. The van der Waals surface area contributed by atoms with Crippen LogP contribution in [0.4, 0.5) is 4.79 Å². The SMILES string of the molecule is CCOC(=O)NNC(=O)c1csc(C2CCN(C(=O)C#Cc3ccccc3)CC2)n1. The van der Waals surface area contributed by atoms with Gasteiger partial charge in [0.15, 0.2) is 0 Å². The molecule has 0 aliphatic carbocycles. The van der Waals surface area contributed by atoms with Gasteiger partial charge in [-0.15, -0.1) is 11.3 Å².